The number of aryl methyl sites for hydroxylation is 2. The molecule has 3 rings (SSSR count). The summed E-state index contributed by atoms with van der Waals surface area (Å²) in [6.45, 7) is 5.07. The minimum Gasteiger partial charge on any atom is -0.488 e. The number of carbonyl (C=O) groups is 1. The van der Waals surface area contributed by atoms with Crippen LogP contribution in [0.3, 0.4) is 0 Å². The third-order valence-electron chi connectivity index (χ3n) is 4.45. The standard InChI is InChI=1S/C17H22N4O3S/c1-4-5-14-16(25-19-18-14)17(23)21-7-6-12(10-21)24-13-8-11(2)20(3)15(22)9-13/h8-9,12H,4-7,10H2,1-3H3. The summed E-state index contributed by atoms with van der Waals surface area (Å²) in [6, 6.07) is 3.34. The van der Waals surface area contributed by atoms with Crippen LogP contribution in [-0.4, -0.2) is 44.2 Å². The maximum Gasteiger partial charge on any atom is 0.267 e. The van der Waals surface area contributed by atoms with Gasteiger partial charge in [-0.1, -0.05) is 17.8 Å². The van der Waals surface area contributed by atoms with Crippen molar-refractivity contribution in [3.63, 3.8) is 0 Å². The topological polar surface area (TPSA) is 77.3 Å². The predicted octanol–water partition coefficient (Wildman–Crippen LogP) is 1.79. The summed E-state index contributed by atoms with van der Waals surface area (Å²) in [5, 5.41) is 4.07. The molecule has 1 fully saturated rings. The van der Waals surface area contributed by atoms with E-state index in [9.17, 15) is 9.59 Å². The van der Waals surface area contributed by atoms with Crippen molar-refractivity contribution >= 4 is 17.4 Å². The number of aromatic nitrogens is 3. The van der Waals surface area contributed by atoms with Gasteiger partial charge in [-0.3, -0.25) is 9.59 Å². The molecule has 0 bridgehead atoms. The van der Waals surface area contributed by atoms with Crippen LogP contribution >= 0.6 is 11.5 Å². The SMILES string of the molecule is CCCc1nnsc1C(=O)N1CCC(Oc2cc(C)n(C)c(=O)c2)C1. The molecule has 0 spiro atoms. The highest BCUT2D eigenvalue weighted by Crippen LogP contribution is 2.22. The Morgan fingerprint density at radius 2 is 2.24 bits per heavy atom. The van der Waals surface area contributed by atoms with Crippen molar-refractivity contribution in [2.45, 2.75) is 39.2 Å². The van der Waals surface area contributed by atoms with E-state index in [1.54, 1.807) is 16.5 Å². The number of hydrogen-bond donors (Lipinski definition) is 0. The Bertz CT molecular complexity index is 830. The van der Waals surface area contributed by atoms with Crippen LogP contribution in [0.5, 0.6) is 5.75 Å². The van der Waals surface area contributed by atoms with Crippen molar-refractivity contribution in [2.75, 3.05) is 13.1 Å². The van der Waals surface area contributed by atoms with Gasteiger partial charge in [0.25, 0.3) is 11.5 Å². The molecule has 1 amide bonds. The molecule has 25 heavy (non-hydrogen) atoms. The number of carbonyl (C=O) groups excluding carboxylic acids is 1. The van der Waals surface area contributed by atoms with Gasteiger partial charge in [-0.2, -0.15) is 0 Å². The third kappa shape index (κ3) is 3.73. The van der Waals surface area contributed by atoms with E-state index >= 15 is 0 Å². The fraction of sp³-hybridized carbons (Fsp3) is 0.529. The van der Waals surface area contributed by atoms with E-state index in [0.29, 0.717) is 23.7 Å². The van der Waals surface area contributed by atoms with Gasteiger partial charge in [0.1, 0.15) is 16.7 Å². The number of amides is 1. The quantitative estimate of drug-likeness (QED) is 0.810. The van der Waals surface area contributed by atoms with Gasteiger partial charge in [-0.15, -0.1) is 5.10 Å². The molecular formula is C17H22N4O3S. The Hall–Kier alpha value is -2.22. The van der Waals surface area contributed by atoms with E-state index < -0.39 is 0 Å². The van der Waals surface area contributed by atoms with Gasteiger partial charge < -0.3 is 14.2 Å². The molecule has 1 aliphatic rings. The summed E-state index contributed by atoms with van der Waals surface area (Å²) in [5.41, 5.74) is 1.53. The van der Waals surface area contributed by atoms with Crippen LogP contribution in [0.1, 0.15) is 40.8 Å². The van der Waals surface area contributed by atoms with Crippen LogP contribution in [0.15, 0.2) is 16.9 Å². The first kappa shape index (κ1) is 17.6. The third-order valence-corrected chi connectivity index (χ3v) is 5.20. The first-order chi connectivity index (χ1) is 12.0. The van der Waals surface area contributed by atoms with Crippen molar-refractivity contribution in [1.29, 1.82) is 0 Å². The molecule has 0 aromatic carbocycles. The minimum atomic E-state index is -0.106. The van der Waals surface area contributed by atoms with Crippen molar-refractivity contribution in [3.05, 3.63) is 38.8 Å². The largest absolute Gasteiger partial charge is 0.488 e. The highest BCUT2D eigenvalue weighted by molar-refractivity contribution is 7.08. The summed E-state index contributed by atoms with van der Waals surface area (Å²) < 4.78 is 11.4. The summed E-state index contributed by atoms with van der Waals surface area (Å²) in [5.74, 6) is 0.538. The zero-order valence-electron chi connectivity index (χ0n) is 14.7. The Kier molecular flexibility index (Phi) is 5.17. The molecule has 0 aliphatic carbocycles. The lowest BCUT2D eigenvalue weighted by Gasteiger charge is -2.17. The monoisotopic (exact) mass is 362 g/mol. The molecule has 7 nitrogen and oxygen atoms in total. The van der Waals surface area contributed by atoms with Gasteiger partial charge in [0.05, 0.1) is 12.2 Å². The van der Waals surface area contributed by atoms with Gasteiger partial charge in [0, 0.05) is 31.8 Å². The van der Waals surface area contributed by atoms with Crippen LogP contribution in [0.4, 0.5) is 0 Å². The number of pyridine rings is 1. The molecule has 0 radical (unpaired) electrons. The second kappa shape index (κ2) is 7.35. The second-order valence-corrected chi connectivity index (χ2v) is 7.06. The highest BCUT2D eigenvalue weighted by Gasteiger charge is 2.30. The van der Waals surface area contributed by atoms with Crippen molar-refractivity contribution in [2.24, 2.45) is 7.05 Å². The summed E-state index contributed by atoms with van der Waals surface area (Å²) in [4.78, 5) is 27.0. The number of rotatable bonds is 5. The van der Waals surface area contributed by atoms with Crippen molar-refractivity contribution < 1.29 is 9.53 Å². The molecular weight excluding hydrogens is 340 g/mol. The Morgan fingerprint density at radius 3 is 2.96 bits per heavy atom. The van der Waals surface area contributed by atoms with Crippen LogP contribution in [0.25, 0.3) is 0 Å². The van der Waals surface area contributed by atoms with Gasteiger partial charge >= 0.3 is 0 Å². The predicted molar refractivity (Wildman–Crippen MR) is 95.3 cm³/mol. The molecule has 1 aliphatic heterocycles. The molecule has 8 heteroatoms. The molecule has 1 saturated heterocycles. The number of hydrogen-bond acceptors (Lipinski definition) is 6. The number of nitrogens with zero attached hydrogens (tertiary/aromatic N) is 4. The zero-order valence-corrected chi connectivity index (χ0v) is 15.5. The van der Waals surface area contributed by atoms with Gasteiger partial charge in [0.15, 0.2) is 0 Å². The molecule has 134 valence electrons. The minimum absolute atomic E-state index is 0.0234. The van der Waals surface area contributed by atoms with E-state index in [1.807, 2.05) is 13.0 Å². The van der Waals surface area contributed by atoms with Gasteiger partial charge in [0.2, 0.25) is 0 Å². The molecule has 3 heterocycles. The van der Waals surface area contributed by atoms with Crippen LogP contribution in [0.2, 0.25) is 0 Å². The van der Waals surface area contributed by atoms with E-state index in [2.05, 4.69) is 16.5 Å². The van der Waals surface area contributed by atoms with E-state index in [4.69, 9.17) is 4.74 Å². The lowest BCUT2D eigenvalue weighted by molar-refractivity contribution is 0.0775. The second-order valence-electron chi connectivity index (χ2n) is 6.31. The first-order valence-electron chi connectivity index (χ1n) is 8.44. The van der Waals surface area contributed by atoms with Crippen molar-refractivity contribution in [3.8, 4) is 5.75 Å². The Balaban J connectivity index is 1.66. The zero-order chi connectivity index (χ0) is 18.0. The normalized spacial score (nSPS) is 17.1. The lowest BCUT2D eigenvalue weighted by Crippen LogP contribution is -2.31. The summed E-state index contributed by atoms with van der Waals surface area (Å²) >= 11 is 1.16. The Labute approximate surface area is 150 Å². The van der Waals surface area contributed by atoms with Crippen molar-refractivity contribution in [1.82, 2.24) is 19.1 Å². The fourth-order valence-electron chi connectivity index (χ4n) is 2.92. The maximum atomic E-state index is 12.7. The molecule has 0 saturated carbocycles. The maximum absolute atomic E-state index is 12.7. The average molecular weight is 362 g/mol. The fourth-order valence-corrected chi connectivity index (χ4v) is 3.60. The molecule has 2 aromatic heterocycles. The summed E-state index contributed by atoms with van der Waals surface area (Å²) in [7, 11) is 1.73. The van der Waals surface area contributed by atoms with Crippen LogP contribution in [0, 0.1) is 6.92 Å². The average Bonchev–Trinajstić information content (AvgIpc) is 3.22. The Morgan fingerprint density at radius 1 is 1.44 bits per heavy atom. The number of likely N-dealkylation sites (tertiary alicyclic amines) is 1. The molecule has 1 atom stereocenters. The lowest BCUT2D eigenvalue weighted by atomic mass is 10.2. The molecule has 1 unspecified atom stereocenters. The van der Waals surface area contributed by atoms with Crippen LogP contribution in [-0.2, 0) is 13.5 Å². The number of ether oxygens (including phenoxy) is 1. The molecule has 0 N–H and O–H groups in total. The molecule has 2 aromatic rings. The summed E-state index contributed by atoms with van der Waals surface area (Å²) in [6.07, 6.45) is 2.33. The first-order valence-corrected chi connectivity index (χ1v) is 9.21. The van der Waals surface area contributed by atoms with E-state index in [1.165, 1.54) is 6.07 Å². The highest BCUT2D eigenvalue weighted by atomic mass is 32.1. The van der Waals surface area contributed by atoms with Gasteiger partial charge in [-0.25, -0.2) is 0 Å². The van der Waals surface area contributed by atoms with E-state index in [-0.39, 0.29) is 17.6 Å². The van der Waals surface area contributed by atoms with Gasteiger partial charge in [-0.05, 0) is 30.9 Å². The van der Waals surface area contributed by atoms with Crippen LogP contribution < -0.4 is 10.3 Å². The van der Waals surface area contributed by atoms with E-state index in [0.717, 1.165) is 42.2 Å². The smallest absolute Gasteiger partial charge is 0.267 e.